The monoisotopic (exact) mass is 356 g/mol. The fraction of sp³-hybridized carbons (Fsp3) is 0.474. The highest BCUT2D eigenvalue weighted by molar-refractivity contribution is 7.71. The van der Waals surface area contributed by atoms with Gasteiger partial charge < -0.3 is 9.88 Å². The number of aromatic amines is 1. The molecule has 2 heterocycles. The van der Waals surface area contributed by atoms with Crippen LogP contribution in [0.1, 0.15) is 36.2 Å². The van der Waals surface area contributed by atoms with Gasteiger partial charge in [0.25, 0.3) is 5.91 Å². The zero-order valence-corrected chi connectivity index (χ0v) is 15.2. The van der Waals surface area contributed by atoms with Gasteiger partial charge in [0, 0.05) is 44.1 Å². The fourth-order valence-corrected chi connectivity index (χ4v) is 4.34. The predicted octanol–water partition coefficient (Wildman–Crippen LogP) is 3.24. The van der Waals surface area contributed by atoms with Crippen LogP contribution in [0, 0.1) is 4.77 Å². The SMILES string of the molecule is O=C(c1c[nH]c(=S)n1-c1ccccc1)N1CCN(C2CCCC2)CC1. The van der Waals surface area contributed by atoms with E-state index in [1.807, 2.05) is 39.8 Å². The van der Waals surface area contributed by atoms with E-state index in [4.69, 9.17) is 12.2 Å². The summed E-state index contributed by atoms with van der Waals surface area (Å²) in [6, 6.07) is 10.6. The van der Waals surface area contributed by atoms with Crippen molar-refractivity contribution in [3.63, 3.8) is 0 Å². The third-order valence-corrected chi connectivity index (χ3v) is 5.75. The molecule has 0 atom stereocenters. The molecular weight excluding hydrogens is 332 g/mol. The maximum Gasteiger partial charge on any atom is 0.272 e. The highest BCUT2D eigenvalue weighted by atomic mass is 32.1. The Morgan fingerprint density at radius 3 is 2.40 bits per heavy atom. The molecule has 1 amide bonds. The van der Waals surface area contributed by atoms with Gasteiger partial charge in [-0.2, -0.15) is 0 Å². The average Bonchev–Trinajstić information content (AvgIpc) is 3.32. The van der Waals surface area contributed by atoms with Gasteiger partial charge in [0.1, 0.15) is 5.69 Å². The van der Waals surface area contributed by atoms with Crippen LogP contribution in [0.3, 0.4) is 0 Å². The molecule has 1 saturated carbocycles. The molecule has 4 rings (SSSR count). The van der Waals surface area contributed by atoms with Gasteiger partial charge in [0.2, 0.25) is 0 Å². The summed E-state index contributed by atoms with van der Waals surface area (Å²) in [6.45, 7) is 3.55. The second-order valence-corrected chi connectivity index (χ2v) is 7.30. The lowest BCUT2D eigenvalue weighted by Gasteiger charge is -2.38. The van der Waals surface area contributed by atoms with Gasteiger partial charge in [0.15, 0.2) is 4.77 Å². The topological polar surface area (TPSA) is 44.3 Å². The van der Waals surface area contributed by atoms with Gasteiger partial charge in [-0.25, -0.2) is 0 Å². The Hall–Kier alpha value is -1.92. The Labute approximate surface area is 153 Å². The summed E-state index contributed by atoms with van der Waals surface area (Å²) in [4.78, 5) is 20.6. The van der Waals surface area contributed by atoms with E-state index in [0.29, 0.717) is 10.5 Å². The molecule has 1 aliphatic heterocycles. The van der Waals surface area contributed by atoms with Gasteiger partial charge >= 0.3 is 0 Å². The summed E-state index contributed by atoms with van der Waals surface area (Å²) in [7, 11) is 0. The summed E-state index contributed by atoms with van der Waals surface area (Å²) >= 11 is 5.40. The van der Waals surface area contributed by atoms with Crippen molar-refractivity contribution in [1.29, 1.82) is 0 Å². The van der Waals surface area contributed by atoms with Gasteiger partial charge in [0.05, 0.1) is 0 Å². The van der Waals surface area contributed by atoms with E-state index in [2.05, 4.69) is 9.88 Å². The number of rotatable bonds is 3. The number of benzene rings is 1. The molecule has 6 heteroatoms. The van der Waals surface area contributed by atoms with Crippen LogP contribution in [0.2, 0.25) is 0 Å². The number of para-hydroxylation sites is 1. The number of amides is 1. The number of imidazole rings is 1. The summed E-state index contributed by atoms with van der Waals surface area (Å²) in [6.07, 6.45) is 7.08. The lowest BCUT2D eigenvalue weighted by molar-refractivity contribution is 0.0566. The van der Waals surface area contributed by atoms with Crippen molar-refractivity contribution >= 4 is 18.1 Å². The van der Waals surface area contributed by atoms with E-state index in [-0.39, 0.29) is 5.91 Å². The second-order valence-electron chi connectivity index (χ2n) is 6.92. The molecule has 5 nitrogen and oxygen atoms in total. The maximum atomic E-state index is 13.1. The number of nitrogens with one attached hydrogen (secondary N) is 1. The third-order valence-electron chi connectivity index (χ3n) is 5.45. The van der Waals surface area contributed by atoms with Crippen LogP contribution in [0.15, 0.2) is 36.5 Å². The molecule has 25 heavy (non-hydrogen) atoms. The van der Waals surface area contributed by atoms with Crippen LogP contribution in [0.4, 0.5) is 0 Å². The van der Waals surface area contributed by atoms with Crippen LogP contribution in [-0.2, 0) is 0 Å². The van der Waals surface area contributed by atoms with Crippen molar-refractivity contribution in [2.75, 3.05) is 26.2 Å². The lowest BCUT2D eigenvalue weighted by atomic mass is 10.1. The molecule has 1 aliphatic carbocycles. The van der Waals surface area contributed by atoms with E-state index in [1.54, 1.807) is 6.20 Å². The number of carbonyl (C=O) groups is 1. The Morgan fingerprint density at radius 1 is 1.04 bits per heavy atom. The summed E-state index contributed by atoms with van der Waals surface area (Å²) in [5.74, 6) is 0.0577. The van der Waals surface area contributed by atoms with Crippen molar-refractivity contribution in [1.82, 2.24) is 19.4 Å². The quantitative estimate of drug-likeness (QED) is 0.859. The number of H-pyrrole nitrogens is 1. The van der Waals surface area contributed by atoms with Crippen LogP contribution in [0.5, 0.6) is 0 Å². The standard InChI is InChI=1S/C19H24N4OS/c24-18(22-12-10-21(11-13-22)15-6-4-5-7-15)17-14-20-19(25)23(17)16-8-2-1-3-9-16/h1-3,8-9,14-15H,4-7,10-13H2,(H,20,25). The molecule has 2 aliphatic rings. The summed E-state index contributed by atoms with van der Waals surface area (Å²) < 4.78 is 2.39. The van der Waals surface area contributed by atoms with Crippen molar-refractivity contribution in [3.05, 3.63) is 47.0 Å². The number of hydrogen-bond donors (Lipinski definition) is 1. The molecule has 0 radical (unpaired) electrons. The molecule has 2 fully saturated rings. The van der Waals surface area contributed by atoms with Gasteiger partial charge in [-0.1, -0.05) is 31.0 Å². The summed E-state index contributed by atoms with van der Waals surface area (Å²) in [5, 5.41) is 0. The molecule has 132 valence electrons. The van der Waals surface area contributed by atoms with E-state index in [0.717, 1.165) is 37.9 Å². The smallest absolute Gasteiger partial charge is 0.272 e. The Balaban J connectivity index is 1.50. The van der Waals surface area contributed by atoms with Gasteiger partial charge in [-0.3, -0.25) is 14.3 Å². The fourth-order valence-electron chi connectivity index (χ4n) is 4.08. The molecule has 0 unspecified atom stereocenters. The molecule has 1 N–H and O–H groups in total. The van der Waals surface area contributed by atoms with Crippen LogP contribution < -0.4 is 0 Å². The molecule has 2 aromatic rings. The lowest BCUT2D eigenvalue weighted by Crippen LogP contribution is -2.51. The van der Waals surface area contributed by atoms with Crippen LogP contribution in [-0.4, -0.2) is 57.5 Å². The Morgan fingerprint density at radius 2 is 1.72 bits per heavy atom. The van der Waals surface area contributed by atoms with Crippen molar-refractivity contribution in [2.24, 2.45) is 0 Å². The van der Waals surface area contributed by atoms with Crippen molar-refractivity contribution < 1.29 is 4.79 Å². The molecule has 1 aromatic heterocycles. The number of hydrogen-bond acceptors (Lipinski definition) is 3. The maximum absolute atomic E-state index is 13.1. The van der Waals surface area contributed by atoms with E-state index >= 15 is 0 Å². The highest BCUT2D eigenvalue weighted by Gasteiger charge is 2.29. The van der Waals surface area contributed by atoms with Crippen molar-refractivity contribution in [3.8, 4) is 5.69 Å². The normalized spacial score (nSPS) is 19.4. The number of nitrogens with zero attached hydrogens (tertiary/aromatic N) is 3. The molecule has 0 bridgehead atoms. The molecule has 1 saturated heterocycles. The third kappa shape index (κ3) is 3.28. The molecule has 1 aromatic carbocycles. The van der Waals surface area contributed by atoms with Crippen molar-refractivity contribution in [2.45, 2.75) is 31.7 Å². The van der Waals surface area contributed by atoms with E-state index < -0.39 is 0 Å². The zero-order chi connectivity index (χ0) is 17.2. The first-order chi connectivity index (χ1) is 12.2. The minimum Gasteiger partial charge on any atom is -0.336 e. The number of aromatic nitrogens is 2. The van der Waals surface area contributed by atoms with E-state index in [1.165, 1.54) is 25.7 Å². The summed E-state index contributed by atoms with van der Waals surface area (Å²) in [5.41, 5.74) is 1.53. The Kier molecular flexibility index (Phi) is 4.72. The first kappa shape index (κ1) is 16.5. The van der Waals surface area contributed by atoms with Gasteiger partial charge in [-0.05, 0) is 37.2 Å². The largest absolute Gasteiger partial charge is 0.336 e. The first-order valence-electron chi connectivity index (χ1n) is 9.13. The number of piperazine rings is 1. The van der Waals surface area contributed by atoms with Crippen LogP contribution >= 0.6 is 12.2 Å². The Bertz CT molecular complexity index is 783. The number of carbonyl (C=O) groups excluding carboxylic acids is 1. The average molecular weight is 356 g/mol. The minimum absolute atomic E-state index is 0.0577. The zero-order valence-electron chi connectivity index (χ0n) is 14.4. The highest BCUT2D eigenvalue weighted by Crippen LogP contribution is 2.24. The second kappa shape index (κ2) is 7.14. The molecular formula is C19H24N4OS. The molecule has 0 spiro atoms. The van der Waals surface area contributed by atoms with Gasteiger partial charge in [-0.15, -0.1) is 0 Å². The first-order valence-corrected chi connectivity index (χ1v) is 9.54. The minimum atomic E-state index is 0.0577. The van der Waals surface area contributed by atoms with Crippen LogP contribution in [0.25, 0.3) is 5.69 Å². The van der Waals surface area contributed by atoms with E-state index in [9.17, 15) is 4.79 Å². The predicted molar refractivity (Wildman–Crippen MR) is 101 cm³/mol.